The first kappa shape index (κ1) is 16.5. The minimum absolute atomic E-state index is 0.252. The van der Waals surface area contributed by atoms with Crippen molar-refractivity contribution in [3.05, 3.63) is 59.8 Å². The number of benzene rings is 1. The summed E-state index contributed by atoms with van der Waals surface area (Å²) in [5, 5.41) is 11.4. The molecular formula is C19H20FN5O. The molecule has 1 atom stereocenters. The average Bonchev–Trinajstić information content (AvgIpc) is 3.27. The van der Waals surface area contributed by atoms with Crippen LogP contribution in [-0.2, 0) is 0 Å². The van der Waals surface area contributed by atoms with Gasteiger partial charge in [0.1, 0.15) is 17.3 Å². The second-order valence-electron chi connectivity index (χ2n) is 6.70. The Hall–Kier alpha value is -2.96. The Balaban J connectivity index is 1.59. The molecule has 1 amide bonds. The Morgan fingerprint density at radius 1 is 1.27 bits per heavy atom. The summed E-state index contributed by atoms with van der Waals surface area (Å²) in [4.78, 5) is 12.7. The molecule has 0 bridgehead atoms. The topological polar surface area (TPSA) is 64.7 Å². The summed E-state index contributed by atoms with van der Waals surface area (Å²) in [5.41, 5.74) is 1.30. The van der Waals surface area contributed by atoms with Gasteiger partial charge in [-0.3, -0.25) is 4.79 Å². The largest absolute Gasteiger partial charge is 0.307 e. The fourth-order valence-electron chi connectivity index (χ4n) is 3.20. The summed E-state index contributed by atoms with van der Waals surface area (Å²) in [6.45, 7) is 3.86. The third-order valence-corrected chi connectivity index (χ3v) is 4.94. The predicted molar refractivity (Wildman–Crippen MR) is 95.9 cm³/mol. The van der Waals surface area contributed by atoms with Gasteiger partial charge in [-0.05, 0) is 44.7 Å². The van der Waals surface area contributed by atoms with E-state index in [4.69, 9.17) is 0 Å². The van der Waals surface area contributed by atoms with Crippen LogP contribution < -0.4 is 5.32 Å². The molecule has 7 heteroatoms. The van der Waals surface area contributed by atoms with E-state index >= 15 is 0 Å². The lowest BCUT2D eigenvalue weighted by molar-refractivity contribution is 0.102. The molecule has 1 N–H and O–H groups in total. The van der Waals surface area contributed by atoms with Gasteiger partial charge in [-0.2, -0.15) is 10.2 Å². The number of carbonyl (C=O) groups excluding carboxylic acids is 1. The number of rotatable bonds is 5. The van der Waals surface area contributed by atoms with Crippen molar-refractivity contribution in [1.82, 2.24) is 19.6 Å². The monoisotopic (exact) mass is 353 g/mol. The van der Waals surface area contributed by atoms with Crippen LogP contribution in [0.15, 0.2) is 42.7 Å². The Morgan fingerprint density at radius 2 is 2.04 bits per heavy atom. The summed E-state index contributed by atoms with van der Waals surface area (Å²) in [7, 11) is 0. The maximum absolute atomic E-state index is 14.0. The zero-order valence-electron chi connectivity index (χ0n) is 14.7. The highest BCUT2D eigenvalue weighted by Gasteiger charge is 2.31. The Labute approximate surface area is 150 Å². The van der Waals surface area contributed by atoms with Crippen LogP contribution in [0.4, 0.5) is 10.2 Å². The van der Waals surface area contributed by atoms with Crippen molar-refractivity contribution < 1.29 is 9.18 Å². The molecule has 0 saturated heterocycles. The molecule has 1 aliphatic carbocycles. The van der Waals surface area contributed by atoms with E-state index in [2.05, 4.69) is 22.4 Å². The number of carbonyl (C=O) groups is 1. The van der Waals surface area contributed by atoms with Crippen LogP contribution in [0, 0.1) is 18.7 Å². The van der Waals surface area contributed by atoms with E-state index < -0.39 is 0 Å². The number of halogens is 1. The summed E-state index contributed by atoms with van der Waals surface area (Å²) in [6.07, 6.45) is 5.54. The summed E-state index contributed by atoms with van der Waals surface area (Å²) >= 11 is 0. The number of hydrogen-bond acceptors (Lipinski definition) is 3. The van der Waals surface area contributed by atoms with Gasteiger partial charge in [-0.15, -0.1) is 0 Å². The van der Waals surface area contributed by atoms with Gasteiger partial charge in [0.05, 0.1) is 29.7 Å². The highest BCUT2D eigenvalue weighted by molar-refractivity contribution is 6.04. The van der Waals surface area contributed by atoms with Gasteiger partial charge >= 0.3 is 0 Å². The van der Waals surface area contributed by atoms with Crippen molar-refractivity contribution in [2.75, 3.05) is 5.32 Å². The van der Waals surface area contributed by atoms with E-state index in [1.165, 1.54) is 29.8 Å². The number of nitrogens with zero attached hydrogens (tertiary/aromatic N) is 4. The molecule has 0 aliphatic heterocycles. The molecule has 134 valence electrons. The number of nitrogens with one attached hydrogen (secondary N) is 1. The van der Waals surface area contributed by atoms with Crippen molar-refractivity contribution in [3.63, 3.8) is 0 Å². The summed E-state index contributed by atoms with van der Waals surface area (Å²) < 4.78 is 17.3. The maximum Gasteiger partial charge on any atom is 0.260 e. The smallest absolute Gasteiger partial charge is 0.260 e. The normalized spacial score (nSPS) is 15.0. The van der Waals surface area contributed by atoms with Gasteiger partial charge in [0, 0.05) is 6.07 Å². The average molecular weight is 353 g/mol. The molecule has 26 heavy (non-hydrogen) atoms. The third kappa shape index (κ3) is 2.89. The van der Waals surface area contributed by atoms with Crippen LogP contribution in [0.2, 0.25) is 0 Å². The van der Waals surface area contributed by atoms with Crippen molar-refractivity contribution in [3.8, 4) is 5.69 Å². The standard InChI is InChI=1S/C19H20FN5O/c1-12(14-7-8-14)25-18(9-10-21-25)23-19(26)15-11-22-24(13(15)2)17-6-4-3-5-16(17)20/h3-6,9-12,14H,7-8H2,1-2H3,(H,23,26). The van der Waals surface area contributed by atoms with Crippen LogP contribution >= 0.6 is 0 Å². The van der Waals surface area contributed by atoms with Crippen molar-refractivity contribution in [1.29, 1.82) is 0 Å². The van der Waals surface area contributed by atoms with Gasteiger partial charge in [-0.1, -0.05) is 12.1 Å². The lowest BCUT2D eigenvalue weighted by atomic mass is 10.2. The summed E-state index contributed by atoms with van der Waals surface area (Å²) in [5.74, 6) is 0.611. The number of aromatic nitrogens is 4. The first-order valence-corrected chi connectivity index (χ1v) is 8.70. The van der Waals surface area contributed by atoms with Gasteiger partial charge in [-0.25, -0.2) is 13.8 Å². The molecule has 1 unspecified atom stereocenters. The number of anilines is 1. The maximum atomic E-state index is 14.0. The Bertz CT molecular complexity index is 957. The molecule has 2 heterocycles. The molecule has 0 radical (unpaired) electrons. The molecule has 4 rings (SSSR count). The summed E-state index contributed by atoms with van der Waals surface area (Å²) in [6, 6.07) is 8.39. The van der Waals surface area contributed by atoms with Crippen LogP contribution in [0.5, 0.6) is 0 Å². The second kappa shape index (κ2) is 6.40. The Kier molecular flexibility index (Phi) is 4.06. The quantitative estimate of drug-likeness (QED) is 0.760. The van der Waals surface area contributed by atoms with Gasteiger partial charge in [0.15, 0.2) is 0 Å². The molecule has 6 nitrogen and oxygen atoms in total. The van der Waals surface area contributed by atoms with Crippen molar-refractivity contribution in [2.45, 2.75) is 32.7 Å². The fraction of sp³-hybridized carbons (Fsp3) is 0.316. The molecule has 1 aromatic carbocycles. The molecule has 3 aromatic rings. The minimum atomic E-state index is -0.387. The molecular weight excluding hydrogens is 333 g/mol. The molecule has 1 fully saturated rings. The lowest BCUT2D eigenvalue weighted by Crippen LogP contribution is -2.19. The van der Waals surface area contributed by atoms with E-state index in [0.717, 1.165) is 0 Å². The van der Waals surface area contributed by atoms with Gasteiger partial charge in [0.2, 0.25) is 0 Å². The highest BCUT2D eigenvalue weighted by Crippen LogP contribution is 2.40. The first-order valence-electron chi connectivity index (χ1n) is 8.70. The van der Waals surface area contributed by atoms with E-state index in [9.17, 15) is 9.18 Å². The fourth-order valence-corrected chi connectivity index (χ4v) is 3.20. The minimum Gasteiger partial charge on any atom is -0.307 e. The van der Waals surface area contributed by atoms with E-state index in [1.807, 2.05) is 4.68 Å². The second-order valence-corrected chi connectivity index (χ2v) is 6.70. The lowest BCUT2D eigenvalue weighted by Gasteiger charge is -2.15. The molecule has 2 aromatic heterocycles. The van der Waals surface area contributed by atoms with E-state index in [0.29, 0.717) is 28.7 Å². The predicted octanol–water partition coefficient (Wildman–Crippen LogP) is 3.74. The number of amides is 1. The van der Waals surface area contributed by atoms with Crippen molar-refractivity contribution >= 4 is 11.7 Å². The molecule has 1 aliphatic rings. The van der Waals surface area contributed by atoms with E-state index in [1.54, 1.807) is 37.4 Å². The highest BCUT2D eigenvalue weighted by atomic mass is 19.1. The van der Waals surface area contributed by atoms with Crippen LogP contribution in [-0.4, -0.2) is 25.5 Å². The first-order chi connectivity index (χ1) is 12.6. The van der Waals surface area contributed by atoms with E-state index in [-0.39, 0.29) is 17.8 Å². The van der Waals surface area contributed by atoms with Gasteiger partial charge < -0.3 is 5.32 Å². The zero-order chi connectivity index (χ0) is 18.3. The van der Waals surface area contributed by atoms with Crippen LogP contribution in [0.1, 0.15) is 41.9 Å². The van der Waals surface area contributed by atoms with Crippen LogP contribution in [0.3, 0.4) is 0 Å². The van der Waals surface area contributed by atoms with Crippen molar-refractivity contribution in [2.24, 2.45) is 5.92 Å². The molecule has 0 spiro atoms. The van der Waals surface area contributed by atoms with Crippen LogP contribution in [0.25, 0.3) is 5.69 Å². The number of hydrogen-bond donors (Lipinski definition) is 1. The zero-order valence-corrected chi connectivity index (χ0v) is 14.7. The number of para-hydroxylation sites is 1. The SMILES string of the molecule is Cc1c(C(=O)Nc2ccnn2C(C)C2CC2)cnn1-c1ccccc1F. The third-order valence-electron chi connectivity index (χ3n) is 4.94. The van der Waals surface area contributed by atoms with Gasteiger partial charge in [0.25, 0.3) is 5.91 Å². The Morgan fingerprint density at radius 3 is 2.77 bits per heavy atom. The molecule has 1 saturated carbocycles.